The van der Waals surface area contributed by atoms with Gasteiger partial charge in [0.1, 0.15) is 6.10 Å². The quantitative estimate of drug-likeness (QED) is 0.687. The van der Waals surface area contributed by atoms with E-state index in [1.165, 1.54) is 0 Å². The highest BCUT2D eigenvalue weighted by Crippen LogP contribution is 2.11. The highest BCUT2D eigenvalue weighted by atomic mass is 16.6. The molecule has 0 aliphatic carbocycles. The van der Waals surface area contributed by atoms with Crippen molar-refractivity contribution in [3.05, 3.63) is 36.4 Å². The van der Waals surface area contributed by atoms with E-state index in [1.54, 1.807) is 0 Å². The van der Waals surface area contributed by atoms with Gasteiger partial charge in [-0.25, -0.2) is 0 Å². The van der Waals surface area contributed by atoms with Gasteiger partial charge in [-0.2, -0.15) is 0 Å². The molecular weight excluding hydrogens is 180 g/mol. The predicted molar refractivity (Wildman–Crippen MR) is 52.6 cm³/mol. The molecule has 14 heavy (non-hydrogen) atoms. The first-order valence-electron chi connectivity index (χ1n) is 4.63. The second kappa shape index (κ2) is 6.16. The maximum atomic E-state index is 10.3. The Labute approximate surface area is 83.3 Å². The highest BCUT2D eigenvalue weighted by molar-refractivity contribution is 5.71. The first-order chi connectivity index (χ1) is 6.83. The van der Waals surface area contributed by atoms with E-state index < -0.39 is 0 Å². The molecule has 0 unspecified atom stereocenters. The van der Waals surface area contributed by atoms with Gasteiger partial charge in [-0.15, -0.1) is 0 Å². The molecule has 0 radical (unpaired) electrons. The lowest BCUT2D eigenvalue weighted by molar-refractivity contribution is -0.142. The van der Waals surface area contributed by atoms with Crippen molar-refractivity contribution in [2.75, 3.05) is 6.61 Å². The summed E-state index contributed by atoms with van der Waals surface area (Å²) in [6.45, 7) is -0.0360. The van der Waals surface area contributed by atoms with Gasteiger partial charge in [0.2, 0.25) is 0 Å². The van der Waals surface area contributed by atoms with Crippen molar-refractivity contribution in [3.8, 4) is 0 Å². The summed E-state index contributed by atoms with van der Waals surface area (Å²) in [6.07, 6.45) is 0.920. The normalized spacial score (nSPS) is 19.5. The summed E-state index contributed by atoms with van der Waals surface area (Å²) in [5, 5.41) is 8.41. The van der Waals surface area contributed by atoms with Crippen LogP contribution in [0.1, 0.15) is 12.8 Å². The molecule has 1 aliphatic rings. The Balaban J connectivity index is 0.000000146. The Kier molecular flexibility index (Phi) is 4.72. The molecule has 1 saturated heterocycles. The number of cyclic esters (lactones) is 1. The molecule has 1 aromatic rings. The zero-order chi connectivity index (χ0) is 10.2. The SMILES string of the molecule is O=C1CC[C@@H](CO)O1.c1ccccc1. The molecule has 1 aromatic carbocycles. The summed E-state index contributed by atoms with van der Waals surface area (Å²) in [6, 6.07) is 12.0. The van der Waals surface area contributed by atoms with E-state index in [-0.39, 0.29) is 18.7 Å². The molecule has 0 bridgehead atoms. The molecule has 2 rings (SSSR count). The van der Waals surface area contributed by atoms with Gasteiger partial charge in [-0.05, 0) is 6.42 Å². The molecule has 0 amide bonds. The number of hydrogen-bond donors (Lipinski definition) is 1. The topological polar surface area (TPSA) is 46.5 Å². The monoisotopic (exact) mass is 194 g/mol. The van der Waals surface area contributed by atoms with Gasteiger partial charge in [0.25, 0.3) is 0 Å². The summed E-state index contributed by atoms with van der Waals surface area (Å²) < 4.78 is 4.62. The van der Waals surface area contributed by atoms with Gasteiger partial charge in [0.05, 0.1) is 6.61 Å². The van der Waals surface area contributed by atoms with E-state index in [2.05, 4.69) is 4.74 Å². The van der Waals surface area contributed by atoms with Gasteiger partial charge in [-0.3, -0.25) is 4.79 Å². The number of aliphatic hydroxyl groups is 1. The highest BCUT2D eigenvalue weighted by Gasteiger charge is 2.21. The van der Waals surface area contributed by atoms with Crippen LogP contribution in [-0.2, 0) is 9.53 Å². The summed E-state index contributed by atoms with van der Waals surface area (Å²) in [5.41, 5.74) is 0. The summed E-state index contributed by atoms with van der Waals surface area (Å²) in [4.78, 5) is 10.3. The van der Waals surface area contributed by atoms with Crippen molar-refractivity contribution < 1.29 is 14.6 Å². The van der Waals surface area contributed by atoms with Crippen molar-refractivity contribution in [1.29, 1.82) is 0 Å². The van der Waals surface area contributed by atoms with Crippen molar-refractivity contribution in [2.24, 2.45) is 0 Å². The van der Waals surface area contributed by atoms with E-state index in [4.69, 9.17) is 5.11 Å². The predicted octanol–water partition coefficient (Wildman–Crippen LogP) is 1.37. The number of carbonyl (C=O) groups excluding carboxylic acids is 1. The average molecular weight is 194 g/mol. The van der Waals surface area contributed by atoms with Crippen LogP contribution in [0.15, 0.2) is 36.4 Å². The Morgan fingerprint density at radius 3 is 1.93 bits per heavy atom. The molecule has 1 aliphatic heterocycles. The standard InChI is InChI=1S/C6H6.C5H8O3/c1-2-4-6-5-3-1;6-3-4-1-2-5(7)8-4/h1-6H;4,6H,1-3H2/t;4-/m.0/s1. The fraction of sp³-hybridized carbons (Fsp3) is 0.364. The van der Waals surface area contributed by atoms with Crippen molar-refractivity contribution >= 4 is 5.97 Å². The van der Waals surface area contributed by atoms with Crippen LogP contribution in [0.4, 0.5) is 0 Å². The van der Waals surface area contributed by atoms with Gasteiger partial charge in [0, 0.05) is 6.42 Å². The van der Waals surface area contributed by atoms with Crippen molar-refractivity contribution in [2.45, 2.75) is 18.9 Å². The molecule has 0 aromatic heterocycles. The number of aliphatic hydroxyl groups excluding tert-OH is 1. The molecule has 3 nitrogen and oxygen atoms in total. The lowest BCUT2D eigenvalue weighted by Gasteiger charge is -2.01. The number of benzene rings is 1. The summed E-state index contributed by atoms with van der Waals surface area (Å²) in [5.74, 6) is -0.191. The Morgan fingerprint density at radius 2 is 1.71 bits per heavy atom. The van der Waals surface area contributed by atoms with Crippen LogP contribution in [0.3, 0.4) is 0 Å². The third kappa shape index (κ3) is 4.05. The summed E-state index contributed by atoms with van der Waals surface area (Å²) >= 11 is 0. The summed E-state index contributed by atoms with van der Waals surface area (Å²) in [7, 11) is 0. The van der Waals surface area contributed by atoms with E-state index in [0.717, 1.165) is 0 Å². The molecule has 1 fully saturated rings. The number of carbonyl (C=O) groups is 1. The molecule has 1 atom stereocenters. The fourth-order valence-electron chi connectivity index (χ4n) is 1.10. The molecule has 0 saturated carbocycles. The number of rotatable bonds is 1. The van der Waals surface area contributed by atoms with Crippen LogP contribution in [0.2, 0.25) is 0 Å². The van der Waals surface area contributed by atoms with E-state index >= 15 is 0 Å². The number of hydrogen-bond acceptors (Lipinski definition) is 3. The second-order valence-electron chi connectivity index (χ2n) is 2.99. The largest absolute Gasteiger partial charge is 0.460 e. The van der Waals surface area contributed by atoms with Crippen molar-refractivity contribution in [3.63, 3.8) is 0 Å². The minimum atomic E-state index is -0.220. The van der Waals surface area contributed by atoms with Gasteiger partial charge >= 0.3 is 5.97 Å². The number of esters is 1. The van der Waals surface area contributed by atoms with Crippen molar-refractivity contribution in [1.82, 2.24) is 0 Å². The fourth-order valence-corrected chi connectivity index (χ4v) is 1.10. The first-order valence-corrected chi connectivity index (χ1v) is 4.63. The van der Waals surface area contributed by atoms with Crippen LogP contribution in [0.25, 0.3) is 0 Å². The Bertz CT molecular complexity index is 232. The lowest BCUT2D eigenvalue weighted by Crippen LogP contribution is -2.10. The van der Waals surface area contributed by atoms with E-state index in [1.807, 2.05) is 36.4 Å². The molecule has 3 heteroatoms. The Morgan fingerprint density at radius 1 is 1.21 bits per heavy atom. The van der Waals surface area contributed by atoms with E-state index in [0.29, 0.717) is 12.8 Å². The maximum absolute atomic E-state index is 10.3. The zero-order valence-electron chi connectivity index (χ0n) is 7.93. The molecular formula is C11H14O3. The molecule has 1 heterocycles. The Hall–Kier alpha value is -1.35. The first kappa shape index (κ1) is 10.7. The maximum Gasteiger partial charge on any atom is 0.306 e. The van der Waals surface area contributed by atoms with Gasteiger partial charge < -0.3 is 9.84 Å². The third-order valence-electron chi connectivity index (χ3n) is 1.84. The van der Waals surface area contributed by atoms with Gasteiger partial charge in [-0.1, -0.05) is 36.4 Å². The smallest absolute Gasteiger partial charge is 0.306 e. The molecule has 76 valence electrons. The van der Waals surface area contributed by atoms with Crippen LogP contribution < -0.4 is 0 Å². The second-order valence-corrected chi connectivity index (χ2v) is 2.99. The molecule has 1 N–H and O–H groups in total. The van der Waals surface area contributed by atoms with Gasteiger partial charge in [0.15, 0.2) is 0 Å². The van der Waals surface area contributed by atoms with Crippen LogP contribution in [-0.4, -0.2) is 23.8 Å². The van der Waals surface area contributed by atoms with E-state index in [9.17, 15) is 4.79 Å². The van der Waals surface area contributed by atoms with Crippen LogP contribution in [0.5, 0.6) is 0 Å². The third-order valence-corrected chi connectivity index (χ3v) is 1.84. The zero-order valence-corrected chi connectivity index (χ0v) is 7.93. The minimum Gasteiger partial charge on any atom is -0.460 e. The lowest BCUT2D eigenvalue weighted by atomic mass is 10.2. The van der Waals surface area contributed by atoms with Crippen LogP contribution >= 0.6 is 0 Å². The molecule has 0 spiro atoms. The minimum absolute atomic E-state index is 0.0360. The van der Waals surface area contributed by atoms with Crippen LogP contribution in [0, 0.1) is 0 Å². The average Bonchev–Trinajstić information content (AvgIpc) is 2.68. The number of ether oxygens (including phenoxy) is 1.